The molecule has 1 N–H and O–H groups in total. The van der Waals surface area contributed by atoms with Crippen LogP contribution in [0.25, 0.3) is 10.9 Å². The highest BCUT2D eigenvalue weighted by atomic mass is 32.2. The van der Waals surface area contributed by atoms with Gasteiger partial charge in [-0.3, -0.25) is 4.79 Å². The Labute approximate surface area is 155 Å². The Hall–Kier alpha value is -2.73. The van der Waals surface area contributed by atoms with E-state index in [2.05, 4.69) is 10.3 Å². The van der Waals surface area contributed by atoms with Crippen LogP contribution in [0, 0.1) is 0 Å². The monoisotopic (exact) mass is 366 g/mol. The van der Waals surface area contributed by atoms with Crippen molar-refractivity contribution in [1.29, 1.82) is 0 Å². The van der Waals surface area contributed by atoms with E-state index in [-0.39, 0.29) is 12.0 Å². The molecule has 0 aliphatic carbocycles. The van der Waals surface area contributed by atoms with E-state index in [4.69, 9.17) is 9.47 Å². The summed E-state index contributed by atoms with van der Waals surface area (Å²) in [6, 6.07) is 19.4. The summed E-state index contributed by atoms with van der Waals surface area (Å²) in [5, 5.41) is 4.83. The van der Waals surface area contributed by atoms with Crippen LogP contribution in [0.2, 0.25) is 0 Å². The van der Waals surface area contributed by atoms with Gasteiger partial charge >= 0.3 is 0 Å². The number of nitrogens with zero attached hydrogens (tertiary/aromatic N) is 1. The predicted molar refractivity (Wildman–Crippen MR) is 102 cm³/mol. The number of ether oxygens (including phenoxy) is 2. The molecule has 0 saturated carbocycles. The van der Waals surface area contributed by atoms with Gasteiger partial charge in [0.25, 0.3) is 0 Å². The summed E-state index contributed by atoms with van der Waals surface area (Å²) in [4.78, 5) is 16.7. The van der Waals surface area contributed by atoms with Crippen LogP contribution in [0.3, 0.4) is 0 Å². The Morgan fingerprint density at radius 3 is 2.81 bits per heavy atom. The molecule has 0 spiro atoms. The lowest BCUT2D eigenvalue weighted by molar-refractivity contribution is -0.119. The second-order valence-corrected chi connectivity index (χ2v) is 6.93. The molecule has 5 nitrogen and oxygen atoms in total. The van der Waals surface area contributed by atoms with Crippen molar-refractivity contribution in [3.63, 3.8) is 0 Å². The van der Waals surface area contributed by atoms with Crippen molar-refractivity contribution in [2.75, 3.05) is 18.9 Å². The lowest BCUT2D eigenvalue weighted by Gasteiger charge is -2.26. The number of para-hydroxylation sites is 3. The number of amides is 1. The smallest absolute Gasteiger partial charge is 0.230 e. The fraction of sp³-hybridized carbons (Fsp3) is 0.200. The van der Waals surface area contributed by atoms with Gasteiger partial charge in [-0.05, 0) is 24.3 Å². The Kier molecular flexibility index (Phi) is 4.93. The van der Waals surface area contributed by atoms with Crippen LogP contribution in [0.5, 0.6) is 11.5 Å². The number of thioether (sulfide) groups is 1. The first-order valence-electron chi connectivity index (χ1n) is 8.42. The summed E-state index contributed by atoms with van der Waals surface area (Å²) in [6.45, 7) is 0.843. The van der Waals surface area contributed by atoms with Gasteiger partial charge in [-0.2, -0.15) is 0 Å². The summed E-state index contributed by atoms with van der Waals surface area (Å²) in [5.41, 5.74) is 0.935. The average molecular weight is 366 g/mol. The van der Waals surface area contributed by atoms with Gasteiger partial charge in [-0.15, -0.1) is 0 Å². The molecule has 3 aromatic rings. The molecular weight excluding hydrogens is 348 g/mol. The first-order chi connectivity index (χ1) is 12.8. The fourth-order valence-electron chi connectivity index (χ4n) is 2.71. The molecular formula is C20H18N2O3S. The van der Waals surface area contributed by atoms with Gasteiger partial charge in [-0.25, -0.2) is 4.98 Å². The molecule has 26 heavy (non-hydrogen) atoms. The Morgan fingerprint density at radius 2 is 1.88 bits per heavy atom. The normalized spacial score (nSPS) is 15.6. The predicted octanol–water partition coefficient (Wildman–Crippen LogP) is 3.28. The molecule has 1 aliphatic heterocycles. The molecule has 1 aliphatic rings. The molecule has 1 atom stereocenters. The average Bonchev–Trinajstić information content (AvgIpc) is 2.70. The molecule has 132 valence electrons. The van der Waals surface area contributed by atoms with Crippen LogP contribution in [0.1, 0.15) is 0 Å². The number of rotatable bonds is 5. The third-order valence-electron chi connectivity index (χ3n) is 4.02. The highest BCUT2D eigenvalue weighted by Gasteiger charge is 2.21. The van der Waals surface area contributed by atoms with Gasteiger partial charge in [-0.1, -0.05) is 48.2 Å². The summed E-state index contributed by atoms with van der Waals surface area (Å²) in [7, 11) is 0. The van der Waals surface area contributed by atoms with E-state index in [0.717, 1.165) is 21.7 Å². The van der Waals surface area contributed by atoms with Crippen molar-refractivity contribution >= 4 is 28.6 Å². The molecule has 4 rings (SSSR count). The molecule has 0 bridgehead atoms. The van der Waals surface area contributed by atoms with E-state index in [1.807, 2.05) is 60.7 Å². The van der Waals surface area contributed by atoms with E-state index in [9.17, 15) is 4.79 Å². The van der Waals surface area contributed by atoms with Crippen LogP contribution in [0.15, 0.2) is 65.7 Å². The highest BCUT2D eigenvalue weighted by Crippen LogP contribution is 2.30. The van der Waals surface area contributed by atoms with E-state index in [1.54, 1.807) is 0 Å². The molecule has 1 aromatic heterocycles. The number of benzene rings is 2. The summed E-state index contributed by atoms with van der Waals surface area (Å²) in [6.07, 6.45) is -0.183. The maximum atomic E-state index is 12.1. The number of hydrogen-bond donors (Lipinski definition) is 1. The van der Waals surface area contributed by atoms with Gasteiger partial charge in [0.1, 0.15) is 12.7 Å². The van der Waals surface area contributed by atoms with Crippen LogP contribution in [0.4, 0.5) is 0 Å². The first kappa shape index (κ1) is 16.7. The molecule has 0 unspecified atom stereocenters. The van der Waals surface area contributed by atoms with Crippen LogP contribution in [-0.4, -0.2) is 35.9 Å². The number of carbonyl (C=O) groups excluding carboxylic acids is 1. The van der Waals surface area contributed by atoms with E-state index in [0.29, 0.717) is 24.7 Å². The van der Waals surface area contributed by atoms with Crippen molar-refractivity contribution in [3.05, 3.63) is 60.7 Å². The summed E-state index contributed by atoms with van der Waals surface area (Å²) < 4.78 is 11.5. The third-order valence-corrected chi connectivity index (χ3v) is 4.95. The number of pyridine rings is 1. The molecule has 1 amide bonds. The zero-order chi connectivity index (χ0) is 17.8. The van der Waals surface area contributed by atoms with Gasteiger partial charge in [0, 0.05) is 5.39 Å². The number of aromatic nitrogens is 1. The largest absolute Gasteiger partial charge is 0.486 e. The summed E-state index contributed by atoms with van der Waals surface area (Å²) >= 11 is 1.42. The number of fused-ring (bicyclic) bond motifs is 2. The molecule has 2 heterocycles. The van der Waals surface area contributed by atoms with Crippen LogP contribution in [-0.2, 0) is 4.79 Å². The Bertz CT molecular complexity index is 932. The van der Waals surface area contributed by atoms with Crippen LogP contribution >= 0.6 is 11.8 Å². The number of carbonyl (C=O) groups is 1. The van der Waals surface area contributed by atoms with Gasteiger partial charge < -0.3 is 14.8 Å². The van der Waals surface area contributed by atoms with Gasteiger partial charge in [0.2, 0.25) is 5.91 Å². The maximum Gasteiger partial charge on any atom is 0.230 e. The molecule has 0 saturated heterocycles. The second-order valence-electron chi connectivity index (χ2n) is 5.93. The number of hydrogen-bond acceptors (Lipinski definition) is 5. The quantitative estimate of drug-likeness (QED) is 0.702. The zero-order valence-electron chi connectivity index (χ0n) is 14.1. The molecule has 6 heteroatoms. The first-order valence-corrected chi connectivity index (χ1v) is 9.40. The van der Waals surface area contributed by atoms with Gasteiger partial charge in [0.15, 0.2) is 11.5 Å². The highest BCUT2D eigenvalue weighted by molar-refractivity contribution is 7.99. The SMILES string of the molecule is O=C(CSc1ccc2ccccc2n1)NC[C@@H]1COc2ccccc2O1. The van der Waals surface area contributed by atoms with E-state index >= 15 is 0 Å². The minimum Gasteiger partial charge on any atom is -0.486 e. The van der Waals surface area contributed by atoms with E-state index < -0.39 is 0 Å². The molecule has 0 radical (unpaired) electrons. The molecule has 2 aromatic carbocycles. The Morgan fingerprint density at radius 1 is 1.08 bits per heavy atom. The fourth-order valence-corrected chi connectivity index (χ4v) is 3.42. The maximum absolute atomic E-state index is 12.1. The van der Waals surface area contributed by atoms with Crippen molar-refractivity contribution < 1.29 is 14.3 Å². The second kappa shape index (κ2) is 7.66. The number of nitrogens with one attached hydrogen (secondary N) is 1. The lowest BCUT2D eigenvalue weighted by atomic mass is 10.2. The molecule has 0 fully saturated rings. The third kappa shape index (κ3) is 3.91. The van der Waals surface area contributed by atoms with Crippen molar-refractivity contribution in [1.82, 2.24) is 10.3 Å². The standard InChI is InChI=1S/C20H18N2O3S/c23-19(13-26-20-10-9-14-5-1-2-6-16(14)22-20)21-11-15-12-24-17-7-3-4-8-18(17)25-15/h1-10,15H,11-13H2,(H,21,23)/t15-/m1/s1. The topological polar surface area (TPSA) is 60.5 Å². The van der Waals surface area contributed by atoms with E-state index in [1.165, 1.54) is 11.8 Å². The Balaban J connectivity index is 1.26. The van der Waals surface area contributed by atoms with Crippen molar-refractivity contribution in [2.45, 2.75) is 11.1 Å². The summed E-state index contributed by atoms with van der Waals surface area (Å²) in [5.74, 6) is 1.73. The minimum absolute atomic E-state index is 0.0487. The van der Waals surface area contributed by atoms with Crippen molar-refractivity contribution in [2.24, 2.45) is 0 Å². The zero-order valence-corrected chi connectivity index (χ0v) is 14.9. The lowest BCUT2D eigenvalue weighted by Crippen LogP contribution is -2.41. The van der Waals surface area contributed by atoms with Crippen molar-refractivity contribution in [3.8, 4) is 11.5 Å². The minimum atomic E-state index is -0.183. The van der Waals surface area contributed by atoms with Crippen LogP contribution < -0.4 is 14.8 Å². The van der Waals surface area contributed by atoms with Gasteiger partial charge in [0.05, 0.1) is 22.8 Å².